The van der Waals surface area contributed by atoms with Gasteiger partial charge in [-0.15, -0.1) is 6.58 Å². The molecule has 0 spiro atoms. The zero-order chi connectivity index (χ0) is 14.5. The van der Waals surface area contributed by atoms with Gasteiger partial charge in [0.25, 0.3) is 0 Å². The molecule has 0 unspecified atom stereocenters. The van der Waals surface area contributed by atoms with Crippen LogP contribution in [0.25, 0.3) is 0 Å². The molecule has 0 bridgehead atoms. The number of sulfonamides is 1. The van der Waals surface area contributed by atoms with Gasteiger partial charge in [-0.1, -0.05) is 32.1 Å². The van der Waals surface area contributed by atoms with Gasteiger partial charge in [-0.3, -0.25) is 0 Å². The first-order chi connectivity index (χ1) is 8.93. The molecule has 1 N–H and O–H groups in total. The van der Waals surface area contributed by atoms with E-state index in [2.05, 4.69) is 20.4 Å². The summed E-state index contributed by atoms with van der Waals surface area (Å²) in [6.45, 7) is 7.70. The van der Waals surface area contributed by atoms with Crippen molar-refractivity contribution in [3.8, 4) is 0 Å². The third-order valence-corrected chi connectivity index (χ3v) is 4.75. The third-order valence-electron chi connectivity index (χ3n) is 2.87. The van der Waals surface area contributed by atoms with Crippen LogP contribution in [0.3, 0.4) is 0 Å². The Morgan fingerprint density at radius 3 is 2.32 bits per heavy atom. The van der Waals surface area contributed by atoms with Crippen LogP contribution in [0.1, 0.15) is 25.3 Å². The average Bonchev–Trinajstić information content (AvgIpc) is 2.38. The summed E-state index contributed by atoms with van der Waals surface area (Å²) in [6.07, 6.45) is 1.51. The second-order valence-corrected chi connectivity index (χ2v) is 6.54. The maximum Gasteiger partial charge on any atom is 0.243 e. The fourth-order valence-electron chi connectivity index (χ4n) is 1.74. The minimum absolute atomic E-state index is 0.0697. The molecule has 0 atom stereocenters. The molecular weight excluding hydrogens is 262 g/mol. The van der Waals surface area contributed by atoms with E-state index < -0.39 is 10.0 Å². The van der Waals surface area contributed by atoms with Gasteiger partial charge in [-0.2, -0.15) is 4.31 Å². The molecule has 0 saturated heterocycles. The summed E-state index contributed by atoms with van der Waals surface area (Å²) in [5.74, 6) is 0.360. The van der Waals surface area contributed by atoms with E-state index in [1.807, 2.05) is 12.1 Å². The van der Waals surface area contributed by atoms with Gasteiger partial charge in [0, 0.05) is 13.1 Å². The van der Waals surface area contributed by atoms with E-state index in [9.17, 15) is 8.42 Å². The van der Waals surface area contributed by atoms with Crippen molar-refractivity contribution >= 4 is 10.0 Å². The van der Waals surface area contributed by atoms with E-state index in [0.717, 1.165) is 5.56 Å². The van der Waals surface area contributed by atoms with Crippen LogP contribution in [0.5, 0.6) is 0 Å². The summed E-state index contributed by atoms with van der Waals surface area (Å²) in [4.78, 5) is 0.243. The molecule has 1 aromatic rings. The topological polar surface area (TPSA) is 57.6 Å². The van der Waals surface area contributed by atoms with Gasteiger partial charge < -0.3 is 5.11 Å². The highest BCUT2D eigenvalue weighted by atomic mass is 32.2. The lowest BCUT2D eigenvalue weighted by Crippen LogP contribution is -2.33. The SMILES string of the molecule is C=CCN(CCO)S(=O)(=O)c1ccc(C(C)C)cc1. The summed E-state index contributed by atoms with van der Waals surface area (Å²) >= 11 is 0. The third kappa shape index (κ3) is 3.89. The van der Waals surface area contributed by atoms with Crippen molar-refractivity contribution in [3.05, 3.63) is 42.5 Å². The van der Waals surface area contributed by atoms with Gasteiger partial charge in [0.05, 0.1) is 11.5 Å². The first-order valence-electron chi connectivity index (χ1n) is 6.25. The number of nitrogens with zero attached hydrogens (tertiary/aromatic N) is 1. The number of rotatable bonds is 7. The first-order valence-corrected chi connectivity index (χ1v) is 7.69. The molecule has 4 nitrogen and oxygen atoms in total. The second kappa shape index (κ2) is 6.84. The molecule has 0 aromatic heterocycles. The van der Waals surface area contributed by atoms with E-state index in [4.69, 9.17) is 5.11 Å². The number of aliphatic hydroxyl groups is 1. The molecule has 1 aromatic carbocycles. The van der Waals surface area contributed by atoms with Crippen LogP contribution in [0.15, 0.2) is 41.8 Å². The lowest BCUT2D eigenvalue weighted by molar-refractivity contribution is 0.260. The second-order valence-electron chi connectivity index (χ2n) is 4.60. The van der Waals surface area contributed by atoms with Crippen LogP contribution in [-0.4, -0.2) is 37.5 Å². The van der Waals surface area contributed by atoms with Crippen LogP contribution < -0.4 is 0 Å². The molecule has 0 fully saturated rings. The summed E-state index contributed by atoms with van der Waals surface area (Å²) in [5.41, 5.74) is 1.09. The fraction of sp³-hybridized carbons (Fsp3) is 0.429. The lowest BCUT2D eigenvalue weighted by atomic mass is 10.0. The van der Waals surface area contributed by atoms with Crippen molar-refractivity contribution < 1.29 is 13.5 Å². The van der Waals surface area contributed by atoms with Crippen molar-refractivity contribution in [3.63, 3.8) is 0 Å². The molecule has 0 aliphatic heterocycles. The average molecular weight is 283 g/mol. The molecule has 0 aliphatic rings. The minimum atomic E-state index is -3.57. The lowest BCUT2D eigenvalue weighted by Gasteiger charge is -2.20. The molecule has 1 rings (SSSR count). The zero-order valence-electron chi connectivity index (χ0n) is 11.4. The Morgan fingerprint density at radius 1 is 1.32 bits per heavy atom. The van der Waals surface area contributed by atoms with Crippen LogP contribution in [0.4, 0.5) is 0 Å². The number of benzene rings is 1. The molecule has 0 radical (unpaired) electrons. The predicted octanol–water partition coefficient (Wildman–Crippen LogP) is 1.98. The van der Waals surface area contributed by atoms with Gasteiger partial charge in [0.1, 0.15) is 0 Å². The predicted molar refractivity (Wildman–Crippen MR) is 76.6 cm³/mol. The maximum atomic E-state index is 12.4. The number of hydrogen-bond donors (Lipinski definition) is 1. The highest BCUT2D eigenvalue weighted by Gasteiger charge is 2.22. The van der Waals surface area contributed by atoms with Crippen molar-refractivity contribution in [2.45, 2.75) is 24.7 Å². The summed E-state index contributed by atoms with van der Waals surface area (Å²) in [7, 11) is -3.57. The van der Waals surface area contributed by atoms with Crippen LogP contribution in [0, 0.1) is 0 Å². The zero-order valence-corrected chi connectivity index (χ0v) is 12.2. The van der Waals surface area contributed by atoms with Gasteiger partial charge in [0.15, 0.2) is 0 Å². The number of hydrogen-bond acceptors (Lipinski definition) is 3. The maximum absolute atomic E-state index is 12.4. The normalized spacial score (nSPS) is 12.1. The molecule has 5 heteroatoms. The van der Waals surface area contributed by atoms with Crippen molar-refractivity contribution in [1.82, 2.24) is 4.31 Å². The molecule has 19 heavy (non-hydrogen) atoms. The first kappa shape index (κ1) is 15.9. The van der Waals surface area contributed by atoms with E-state index in [0.29, 0.717) is 5.92 Å². The standard InChI is InChI=1S/C14H21NO3S/c1-4-9-15(10-11-16)19(17,18)14-7-5-13(6-8-14)12(2)3/h4-8,12,16H,1,9-11H2,2-3H3. The largest absolute Gasteiger partial charge is 0.395 e. The molecule has 0 saturated carbocycles. The van der Waals surface area contributed by atoms with Crippen molar-refractivity contribution in [2.24, 2.45) is 0 Å². The molecular formula is C14H21NO3S. The quantitative estimate of drug-likeness (QED) is 0.778. The van der Waals surface area contributed by atoms with Crippen molar-refractivity contribution in [1.29, 1.82) is 0 Å². The molecule has 0 amide bonds. The summed E-state index contributed by atoms with van der Waals surface area (Å²) in [5, 5.41) is 8.95. The minimum Gasteiger partial charge on any atom is -0.395 e. The Labute approximate surface area is 115 Å². The Balaban J connectivity index is 3.06. The van der Waals surface area contributed by atoms with Crippen LogP contribution in [0.2, 0.25) is 0 Å². The Hall–Kier alpha value is -1.17. The Kier molecular flexibility index (Phi) is 5.72. The molecule has 0 aliphatic carbocycles. The van der Waals surface area contributed by atoms with Crippen LogP contribution >= 0.6 is 0 Å². The van der Waals surface area contributed by atoms with Crippen LogP contribution in [-0.2, 0) is 10.0 Å². The monoisotopic (exact) mass is 283 g/mol. The Bertz CT molecular complexity index is 506. The van der Waals surface area contributed by atoms with Crippen molar-refractivity contribution in [2.75, 3.05) is 19.7 Å². The Morgan fingerprint density at radius 2 is 1.89 bits per heavy atom. The molecule has 106 valence electrons. The van der Waals surface area contributed by atoms with E-state index >= 15 is 0 Å². The molecule has 0 heterocycles. The van der Waals surface area contributed by atoms with E-state index in [1.54, 1.807) is 12.1 Å². The highest BCUT2D eigenvalue weighted by Crippen LogP contribution is 2.20. The summed E-state index contributed by atoms with van der Waals surface area (Å²) in [6, 6.07) is 6.86. The highest BCUT2D eigenvalue weighted by molar-refractivity contribution is 7.89. The smallest absolute Gasteiger partial charge is 0.243 e. The van der Waals surface area contributed by atoms with E-state index in [1.165, 1.54) is 10.4 Å². The number of aliphatic hydroxyl groups excluding tert-OH is 1. The van der Waals surface area contributed by atoms with Gasteiger partial charge >= 0.3 is 0 Å². The summed E-state index contributed by atoms with van der Waals surface area (Å²) < 4.78 is 25.9. The van der Waals surface area contributed by atoms with Gasteiger partial charge in [0.2, 0.25) is 10.0 Å². The van der Waals surface area contributed by atoms with E-state index in [-0.39, 0.29) is 24.6 Å². The fourth-order valence-corrected chi connectivity index (χ4v) is 3.14. The van der Waals surface area contributed by atoms with Gasteiger partial charge in [-0.05, 0) is 23.6 Å². The van der Waals surface area contributed by atoms with Gasteiger partial charge in [-0.25, -0.2) is 8.42 Å².